The minimum Gasteiger partial charge on any atom is -0.316 e. The summed E-state index contributed by atoms with van der Waals surface area (Å²) in [5.74, 6) is 0. The molecular formula is C7H12N4. The fraction of sp³-hybridized carbons (Fsp3) is 0.714. The van der Waals surface area contributed by atoms with E-state index in [1.807, 2.05) is 6.07 Å². The van der Waals surface area contributed by atoms with E-state index in [2.05, 4.69) is 15.5 Å². The lowest BCUT2D eigenvalue weighted by atomic mass is 10.5. The minimum absolute atomic E-state index is 0.514. The molecule has 0 bridgehead atoms. The average Bonchev–Trinajstić information content (AvgIpc) is 2.03. The molecule has 0 fully saturated rings. The minimum atomic E-state index is 0.514. The van der Waals surface area contributed by atoms with Crippen LogP contribution in [0.2, 0.25) is 0 Å². The molecule has 0 heterocycles. The quantitative estimate of drug-likeness (QED) is 0.319. The first-order chi connectivity index (χ1) is 5.41. The third kappa shape index (κ3) is 8.90. The van der Waals surface area contributed by atoms with Crippen LogP contribution in [0.15, 0.2) is 0 Å². The fourth-order valence-electron chi connectivity index (χ4n) is 0.544. The second-order valence-electron chi connectivity index (χ2n) is 1.97. The Hall–Kier alpha value is -1.10. The van der Waals surface area contributed by atoms with Crippen molar-refractivity contribution in [3.8, 4) is 6.07 Å². The molecule has 0 aliphatic carbocycles. The molecule has 2 N–H and O–H groups in total. The summed E-state index contributed by atoms with van der Waals surface area (Å²) in [6, 6.07) is 2.03. The maximum absolute atomic E-state index is 8.16. The molecule has 4 nitrogen and oxygen atoms in total. The predicted molar refractivity (Wildman–Crippen MR) is 42.6 cm³/mol. The molecular weight excluding hydrogens is 140 g/mol. The van der Waals surface area contributed by atoms with Crippen LogP contribution < -0.4 is 10.6 Å². The van der Waals surface area contributed by atoms with Crippen molar-refractivity contribution < 1.29 is 0 Å². The highest BCUT2D eigenvalue weighted by Crippen LogP contribution is 1.68. The SMILES string of the molecule is [C-]#[N+]CCNCNCCC#N. The van der Waals surface area contributed by atoms with E-state index in [0.29, 0.717) is 32.7 Å². The molecule has 0 amide bonds. The number of nitriles is 1. The topological polar surface area (TPSA) is 52.2 Å². The molecule has 0 aliphatic rings. The summed E-state index contributed by atoms with van der Waals surface area (Å²) in [5.41, 5.74) is 0. The molecule has 0 aliphatic heterocycles. The largest absolute Gasteiger partial charge is 0.316 e. The van der Waals surface area contributed by atoms with E-state index in [9.17, 15) is 0 Å². The van der Waals surface area contributed by atoms with Crippen molar-refractivity contribution in [2.24, 2.45) is 0 Å². The number of nitrogens with one attached hydrogen (secondary N) is 2. The van der Waals surface area contributed by atoms with Gasteiger partial charge in [0.1, 0.15) is 0 Å². The Morgan fingerprint density at radius 3 is 2.73 bits per heavy atom. The van der Waals surface area contributed by atoms with Crippen LogP contribution in [-0.4, -0.2) is 26.3 Å². The lowest BCUT2D eigenvalue weighted by molar-refractivity contribution is 0.601. The van der Waals surface area contributed by atoms with Gasteiger partial charge in [-0.2, -0.15) is 5.26 Å². The van der Waals surface area contributed by atoms with E-state index in [1.165, 1.54) is 0 Å². The standard InChI is InChI=1S/C7H12N4/c1-9-5-6-11-7-10-4-2-3-8/h10-11H,2,4-7H2. The monoisotopic (exact) mass is 152 g/mol. The smallest absolute Gasteiger partial charge is 0.227 e. The van der Waals surface area contributed by atoms with E-state index in [0.717, 1.165) is 0 Å². The van der Waals surface area contributed by atoms with Crippen LogP contribution in [0.5, 0.6) is 0 Å². The summed E-state index contributed by atoms with van der Waals surface area (Å²) in [5, 5.41) is 14.2. The van der Waals surface area contributed by atoms with Gasteiger partial charge in [0.05, 0.1) is 12.6 Å². The molecule has 0 spiro atoms. The number of nitrogens with zero attached hydrogens (tertiary/aromatic N) is 2. The Morgan fingerprint density at radius 2 is 2.09 bits per heavy atom. The van der Waals surface area contributed by atoms with Crippen molar-refractivity contribution in [3.63, 3.8) is 0 Å². The van der Waals surface area contributed by atoms with Crippen molar-refractivity contribution in [3.05, 3.63) is 11.4 Å². The van der Waals surface area contributed by atoms with E-state index >= 15 is 0 Å². The van der Waals surface area contributed by atoms with Gasteiger partial charge in [-0.3, -0.25) is 5.32 Å². The zero-order chi connectivity index (χ0) is 8.36. The highest BCUT2D eigenvalue weighted by molar-refractivity contribution is 4.69. The average molecular weight is 152 g/mol. The molecule has 0 radical (unpaired) electrons. The van der Waals surface area contributed by atoms with E-state index in [-0.39, 0.29) is 0 Å². The maximum atomic E-state index is 8.16. The number of hydrogen-bond acceptors (Lipinski definition) is 3. The summed E-state index contributed by atoms with van der Waals surface area (Å²) in [6.07, 6.45) is 0.532. The summed E-state index contributed by atoms with van der Waals surface area (Å²) in [7, 11) is 0. The Bertz CT molecular complexity index is 135. The van der Waals surface area contributed by atoms with Gasteiger partial charge in [0.25, 0.3) is 0 Å². The Labute approximate surface area is 67.0 Å². The molecule has 0 unspecified atom stereocenters. The highest BCUT2D eigenvalue weighted by atomic mass is 15.1. The van der Waals surface area contributed by atoms with Gasteiger partial charge in [0.2, 0.25) is 6.54 Å². The van der Waals surface area contributed by atoms with Crippen LogP contribution in [-0.2, 0) is 0 Å². The van der Waals surface area contributed by atoms with Crippen molar-refractivity contribution in [2.45, 2.75) is 6.42 Å². The zero-order valence-electron chi connectivity index (χ0n) is 6.43. The summed E-state index contributed by atoms with van der Waals surface area (Å²) < 4.78 is 0. The molecule has 0 saturated heterocycles. The summed E-state index contributed by atoms with van der Waals surface area (Å²) >= 11 is 0. The Balaban J connectivity index is 2.82. The molecule has 0 saturated carbocycles. The second-order valence-corrected chi connectivity index (χ2v) is 1.97. The van der Waals surface area contributed by atoms with Crippen LogP contribution in [0.3, 0.4) is 0 Å². The molecule has 0 aromatic heterocycles. The molecule has 0 rings (SSSR count). The fourth-order valence-corrected chi connectivity index (χ4v) is 0.544. The second kappa shape index (κ2) is 8.90. The first kappa shape index (κ1) is 9.90. The lowest BCUT2D eigenvalue weighted by Crippen LogP contribution is -2.30. The van der Waals surface area contributed by atoms with Gasteiger partial charge < -0.3 is 10.2 Å². The normalized spacial score (nSPS) is 8.55. The van der Waals surface area contributed by atoms with Crippen molar-refractivity contribution >= 4 is 0 Å². The van der Waals surface area contributed by atoms with Crippen LogP contribution in [0.25, 0.3) is 4.85 Å². The van der Waals surface area contributed by atoms with Gasteiger partial charge in [-0.15, -0.1) is 0 Å². The Kier molecular flexibility index (Phi) is 8.01. The van der Waals surface area contributed by atoms with Gasteiger partial charge in [-0.05, 0) is 0 Å². The van der Waals surface area contributed by atoms with Crippen LogP contribution in [0, 0.1) is 17.9 Å². The predicted octanol–water partition coefficient (Wildman–Crippen LogP) is -0.0439. The molecule has 0 aromatic rings. The number of hydrogen-bond donors (Lipinski definition) is 2. The zero-order valence-corrected chi connectivity index (χ0v) is 6.43. The van der Waals surface area contributed by atoms with E-state index in [1.54, 1.807) is 0 Å². The molecule has 4 heteroatoms. The van der Waals surface area contributed by atoms with E-state index in [4.69, 9.17) is 11.8 Å². The first-order valence-corrected chi connectivity index (χ1v) is 3.53. The van der Waals surface area contributed by atoms with Crippen LogP contribution in [0.1, 0.15) is 6.42 Å². The van der Waals surface area contributed by atoms with Crippen molar-refractivity contribution in [1.29, 1.82) is 5.26 Å². The third-order valence-corrected chi connectivity index (χ3v) is 1.06. The van der Waals surface area contributed by atoms with E-state index < -0.39 is 0 Å². The van der Waals surface area contributed by atoms with Gasteiger partial charge in [0, 0.05) is 19.6 Å². The highest BCUT2D eigenvalue weighted by Gasteiger charge is 1.86. The summed E-state index contributed by atoms with van der Waals surface area (Å²) in [6.45, 7) is 9.08. The third-order valence-electron chi connectivity index (χ3n) is 1.06. The molecule has 0 atom stereocenters. The maximum Gasteiger partial charge on any atom is 0.227 e. The Morgan fingerprint density at radius 1 is 1.36 bits per heavy atom. The molecule has 0 aromatic carbocycles. The van der Waals surface area contributed by atoms with Crippen molar-refractivity contribution in [1.82, 2.24) is 10.6 Å². The summed E-state index contributed by atoms with van der Waals surface area (Å²) in [4.78, 5) is 3.18. The number of rotatable bonds is 6. The first-order valence-electron chi connectivity index (χ1n) is 3.53. The van der Waals surface area contributed by atoms with Gasteiger partial charge in [-0.1, -0.05) is 0 Å². The van der Waals surface area contributed by atoms with Gasteiger partial charge >= 0.3 is 0 Å². The molecule has 11 heavy (non-hydrogen) atoms. The van der Waals surface area contributed by atoms with Crippen molar-refractivity contribution in [2.75, 3.05) is 26.3 Å². The van der Waals surface area contributed by atoms with Gasteiger partial charge in [0.15, 0.2) is 0 Å². The lowest BCUT2D eigenvalue weighted by Gasteiger charge is -2.00. The van der Waals surface area contributed by atoms with Gasteiger partial charge in [-0.25, -0.2) is 6.57 Å². The van der Waals surface area contributed by atoms with Crippen LogP contribution in [0.4, 0.5) is 0 Å². The molecule has 60 valence electrons. The van der Waals surface area contributed by atoms with Crippen LogP contribution >= 0.6 is 0 Å².